The number of benzene rings is 3. The fourth-order valence-corrected chi connectivity index (χ4v) is 14.8. The molecular weight excluding hydrogens is 1630 g/mol. The van der Waals surface area contributed by atoms with Crippen LogP contribution in [0.15, 0.2) is 97.2 Å². The molecule has 5 rings (SSSR count). The first-order valence-corrected chi connectivity index (χ1v) is 44.1. The summed E-state index contributed by atoms with van der Waals surface area (Å²) >= 11 is 0. The van der Waals surface area contributed by atoms with Crippen LogP contribution in [-0.4, -0.2) is 212 Å². The number of carbonyl (C=O) groups excluding carboxylic acids is 17. The highest BCUT2D eigenvalue weighted by Gasteiger charge is 2.43. The van der Waals surface area contributed by atoms with Crippen molar-refractivity contribution in [2.75, 3.05) is 13.1 Å². The minimum atomic E-state index is -1.91. The van der Waals surface area contributed by atoms with Crippen molar-refractivity contribution in [1.82, 2.24) is 74.1 Å². The molecule has 16 atom stereocenters. The second kappa shape index (κ2) is 51.9. The van der Waals surface area contributed by atoms with E-state index in [2.05, 4.69) is 74.1 Å². The zero-order valence-electron chi connectivity index (χ0n) is 75.8. The maximum atomic E-state index is 15.3. The van der Waals surface area contributed by atoms with Crippen LogP contribution in [0, 0.1) is 23.7 Å². The first-order valence-electron chi connectivity index (χ1n) is 44.1. The summed E-state index contributed by atoms with van der Waals surface area (Å²) < 4.78 is 0. The highest BCUT2D eigenvalue weighted by atomic mass is 16.3. The van der Waals surface area contributed by atoms with Gasteiger partial charge in [-0.25, -0.2) is 0 Å². The Morgan fingerprint density at radius 3 is 1.83 bits per heavy atom. The number of aromatic amines is 1. The molecule has 3 aromatic carbocycles. The van der Waals surface area contributed by atoms with E-state index in [1.54, 1.807) is 60.8 Å². The monoisotopic (exact) mass is 1770 g/mol. The van der Waals surface area contributed by atoms with Gasteiger partial charge in [-0.15, -0.1) is 0 Å². The van der Waals surface area contributed by atoms with E-state index in [0.717, 1.165) is 6.42 Å². The highest BCUT2D eigenvalue weighted by molar-refractivity contribution is 6.41. The second-order valence-corrected chi connectivity index (χ2v) is 34.8. The molecule has 1 aliphatic rings. The zero-order valence-corrected chi connectivity index (χ0v) is 75.8. The number of primary amides is 2. The van der Waals surface area contributed by atoms with Crippen molar-refractivity contribution >= 4 is 111 Å². The maximum absolute atomic E-state index is 15.3. The minimum absolute atomic E-state index is 0.0456. The molecule has 127 heavy (non-hydrogen) atoms. The van der Waals surface area contributed by atoms with Gasteiger partial charge in [0.2, 0.25) is 99.9 Å². The number of allylic oxidation sites excluding steroid dienone is 2. The summed E-state index contributed by atoms with van der Waals surface area (Å²) in [7, 11) is 0. The molecule has 13 amide bonds. The Balaban J connectivity index is 1.58. The van der Waals surface area contributed by atoms with Gasteiger partial charge in [0.1, 0.15) is 59.1 Å². The van der Waals surface area contributed by atoms with E-state index in [1.807, 2.05) is 46.8 Å². The summed E-state index contributed by atoms with van der Waals surface area (Å²) in [6, 6.07) is 5.55. The largest absolute Gasteiger partial charge is 0.508 e. The molecule has 35 nitrogen and oxygen atoms in total. The molecule has 698 valence electrons. The molecule has 0 saturated heterocycles. The van der Waals surface area contributed by atoms with E-state index in [9.17, 15) is 67.7 Å². The van der Waals surface area contributed by atoms with Crippen molar-refractivity contribution in [2.24, 2.45) is 35.1 Å². The van der Waals surface area contributed by atoms with E-state index >= 15 is 24.0 Å². The van der Waals surface area contributed by atoms with Gasteiger partial charge in [0.15, 0.2) is 0 Å². The molecule has 5 unspecified atom stereocenters. The summed E-state index contributed by atoms with van der Waals surface area (Å²) in [6.45, 7) is 20.9. The van der Waals surface area contributed by atoms with Gasteiger partial charge in [0.05, 0.1) is 42.1 Å². The number of Topliss-reactive ketones (excluding diaryl/α,β-unsaturated/α-hetero) is 4. The van der Waals surface area contributed by atoms with Crippen molar-refractivity contribution in [3.63, 3.8) is 0 Å². The lowest BCUT2D eigenvalue weighted by Gasteiger charge is -2.33. The third-order valence-corrected chi connectivity index (χ3v) is 22.5. The Kier molecular flexibility index (Phi) is 43.3. The Bertz CT molecular complexity index is 4480. The number of nitrogens with one attached hydrogen (secondary N) is 14. The Morgan fingerprint density at radius 1 is 0.583 bits per heavy atom. The number of fused-ring (bicyclic) bond motifs is 1. The van der Waals surface area contributed by atoms with Gasteiger partial charge < -0.3 is 95.8 Å². The van der Waals surface area contributed by atoms with Crippen molar-refractivity contribution in [1.29, 1.82) is 0 Å². The Hall–Kier alpha value is -11.6. The number of amides is 13. The predicted molar refractivity (Wildman–Crippen MR) is 477 cm³/mol. The molecule has 35 heteroatoms. The highest BCUT2D eigenvalue weighted by Crippen LogP contribution is 2.25. The van der Waals surface area contributed by atoms with Crippen molar-refractivity contribution in [2.45, 2.75) is 303 Å². The number of hydrogen-bond donors (Lipinski definition) is 18. The van der Waals surface area contributed by atoms with Crippen LogP contribution < -0.4 is 80.6 Å². The maximum Gasteiger partial charge on any atom is 0.246 e. The second-order valence-electron chi connectivity index (χ2n) is 34.8. The van der Waals surface area contributed by atoms with E-state index in [0.29, 0.717) is 72.5 Å². The van der Waals surface area contributed by atoms with Gasteiger partial charge >= 0.3 is 0 Å². The lowest BCUT2D eigenvalue weighted by atomic mass is 9.89. The number of ketones is 4. The number of phenols is 1. The number of H-pyrrole nitrogens is 1. The molecule has 1 aliphatic heterocycles. The van der Waals surface area contributed by atoms with Gasteiger partial charge in [-0.3, -0.25) is 81.5 Å². The smallest absolute Gasteiger partial charge is 0.246 e. The van der Waals surface area contributed by atoms with Gasteiger partial charge in [0, 0.05) is 62.8 Å². The molecule has 0 spiro atoms. The number of carbonyl (C=O) groups is 17. The normalized spacial score (nSPS) is 22.5. The third kappa shape index (κ3) is 34.9. The number of unbranched alkanes of at least 4 members (excludes halogenated alkanes) is 1. The van der Waals surface area contributed by atoms with Gasteiger partial charge in [0.25, 0.3) is 0 Å². The van der Waals surface area contributed by atoms with Crippen LogP contribution in [0.2, 0.25) is 0 Å². The number of nitrogens with two attached hydrogens (primary N) is 2. The molecule has 0 bridgehead atoms. The quantitative estimate of drug-likeness (QED) is 0.0232. The van der Waals surface area contributed by atoms with Crippen LogP contribution in [0.4, 0.5) is 0 Å². The number of phenolic OH excluding ortho intramolecular Hbond substituents is 1. The Labute approximate surface area is 743 Å². The van der Waals surface area contributed by atoms with Crippen molar-refractivity contribution in [3.8, 4) is 5.75 Å². The number of aromatic nitrogens is 1. The summed E-state index contributed by atoms with van der Waals surface area (Å²) in [5, 5.41) is 57.6. The van der Waals surface area contributed by atoms with Gasteiger partial charge in [-0.1, -0.05) is 140 Å². The lowest BCUT2D eigenvalue weighted by Crippen LogP contribution is -2.64. The molecule has 20 N–H and O–H groups in total. The third-order valence-electron chi connectivity index (χ3n) is 22.5. The predicted octanol–water partition coefficient (Wildman–Crippen LogP) is 3.05. The summed E-state index contributed by atoms with van der Waals surface area (Å²) in [5.41, 5.74) is 9.41. The average molecular weight is 1770 g/mol. The van der Waals surface area contributed by atoms with Gasteiger partial charge in [-0.2, -0.15) is 0 Å². The van der Waals surface area contributed by atoms with Gasteiger partial charge in [-0.05, 0) is 166 Å². The fourth-order valence-electron chi connectivity index (χ4n) is 14.8. The van der Waals surface area contributed by atoms with Crippen LogP contribution in [0.1, 0.15) is 216 Å². The van der Waals surface area contributed by atoms with E-state index in [4.69, 9.17) is 11.5 Å². The number of para-hydroxylation sites is 1. The topological polar surface area (TPSA) is 555 Å². The van der Waals surface area contributed by atoms with Crippen molar-refractivity contribution in [3.05, 3.63) is 114 Å². The van der Waals surface area contributed by atoms with Crippen LogP contribution in [0.25, 0.3) is 10.9 Å². The van der Waals surface area contributed by atoms with E-state index in [1.165, 1.54) is 86.6 Å². The first kappa shape index (κ1) is 106. The Morgan fingerprint density at radius 2 is 1.20 bits per heavy atom. The number of aromatic hydroxyl groups is 1. The lowest BCUT2D eigenvalue weighted by molar-refractivity contribution is -0.141. The van der Waals surface area contributed by atoms with Crippen LogP contribution in [0.3, 0.4) is 0 Å². The standard InChI is InChI=1S/C92H136N16O19/c1-15-16-33-63(82(119)99-57(9)80(94)117)49-95-54(6)76(113)77(114)56(8)100-89(126)91(13)42-29-22-20-18-17-19-21-23-30-43-92(14,108-87(124)72(46-61-31-25-24-26-32-61)105-88(125)75(59(11)109)106-86(123)70(45-53(4)5)102-60(12)110)90(127)101-58(10)81(118)103-71(47-62-36-38-66(111)39-37-62)85(122)104-73(48-64-50-96-68-35-28-27-34-67(64)68)84(121)98-55(7)78(115)79(116)69(40-41-74(93)112)97-51-65(44-52(2)3)83(120)107-91/h18,20,24-28,31-32,34-39,50,52-59,63,65,69-73,75,95-97,109,111H,15-17,19,21-23,29-30,33,40-49,51H2,1-14H3,(H2,93,112)(H2,94,117)(H,98,121)(H,99,119)(H,100,126)(H,101,127)(H,102,110)(H,103,118)(H,104,122)(H,105,125)(H,106,123)(H,107,120)(H,108,124)/b20-18+/t54?,55?,56?,57?,58?,59-,63-,65-,69+,70+,71+,72+,73+,75+,91+,92-/m1/s1. The number of aliphatic hydroxyl groups is 1. The molecule has 0 radical (unpaired) electrons. The molecular formula is C92H136N16O19. The summed E-state index contributed by atoms with van der Waals surface area (Å²) in [6.07, 6.45) is 7.36. The van der Waals surface area contributed by atoms with Crippen molar-refractivity contribution < 1.29 is 91.7 Å². The van der Waals surface area contributed by atoms with Crippen LogP contribution >= 0.6 is 0 Å². The summed E-state index contributed by atoms with van der Waals surface area (Å²) in [4.78, 5) is 244. The fraction of sp³-hybridized carbons (Fsp3) is 0.576. The first-order chi connectivity index (χ1) is 59.9. The minimum Gasteiger partial charge on any atom is -0.508 e. The molecule has 4 aromatic rings. The number of aliphatic hydroxyl groups excluding tert-OH is 1. The zero-order chi connectivity index (χ0) is 94.6. The van der Waals surface area contributed by atoms with E-state index in [-0.39, 0.29) is 94.9 Å². The number of hydrogen-bond acceptors (Lipinski definition) is 21. The SMILES string of the molecule is CCCC[C@H](CNC(C)C(=O)C(=O)C(C)NC(=O)[C@]1(C)CCC/C=C/CCCCCC[C@@](C)(NC(=O)[C@H](Cc2ccccc2)NC(=O)[C@@H](NC(=O)[C@H](CC(C)C)NC(C)=O)[C@@H](C)O)C(=O)NC(C)C(=O)N[C@@H](Cc2ccc(O)cc2)C(=O)N[C@@H](Cc2c[nH]c3ccccc23)C(=O)NC(C)C(=O)C(=O)[C@H](CCC(N)=O)NC[C@@H](CC(C)C)C(=O)N1)C(=O)NC(C)C(N)=O. The summed E-state index contributed by atoms with van der Waals surface area (Å²) in [5.74, 6) is -17.1. The van der Waals surface area contributed by atoms with E-state index < -0.39 is 202 Å². The molecule has 0 aliphatic carbocycles. The average Bonchev–Trinajstić information content (AvgIpc) is 1.67. The molecule has 2 heterocycles. The molecule has 1 aromatic heterocycles. The van der Waals surface area contributed by atoms with Crippen LogP contribution in [-0.2, 0) is 101 Å². The van der Waals surface area contributed by atoms with Crippen LogP contribution in [0.5, 0.6) is 5.75 Å². The molecule has 0 fully saturated rings. The number of rotatable bonds is 35. The molecule has 0 saturated carbocycles.